The van der Waals surface area contributed by atoms with Crippen molar-refractivity contribution in [2.24, 2.45) is 0 Å². The largest absolute Gasteiger partial charge is 0.509 e. The lowest BCUT2D eigenvalue weighted by atomic mass is 9.85. The number of hydrogen-bond donors (Lipinski definition) is 1. The molecule has 1 N–H and O–H groups in total. The minimum atomic E-state index is -0.903. The molecule has 1 atom stereocenters. The maximum atomic E-state index is 13.6. The smallest absolute Gasteiger partial charge is 0.282 e. The number of ether oxygens (including phenoxy) is 1. The van der Waals surface area contributed by atoms with Crippen molar-refractivity contribution in [2.75, 3.05) is 26.8 Å². The Hall–Kier alpha value is -1.45. The van der Waals surface area contributed by atoms with Crippen LogP contribution in [0.3, 0.4) is 0 Å². The zero-order valence-corrected chi connectivity index (χ0v) is 18.6. The zero-order valence-electron chi connectivity index (χ0n) is 17.0. The number of aryl methyl sites for hydroxylation is 2. The Kier molecular flexibility index (Phi) is 5.74. The number of hydroxylamine groups is 4. The van der Waals surface area contributed by atoms with Crippen molar-refractivity contribution >= 4 is 27.4 Å². The van der Waals surface area contributed by atoms with Crippen molar-refractivity contribution < 1.29 is 24.3 Å². The molecular weight excluding hydrogens is 440 g/mol. The summed E-state index contributed by atoms with van der Waals surface area (Å²) in [4.78, 5) is 25.0. The SMILES string of the molecule is CON1CCC2(CC1)C(O)=C(c1c(C)cc(Br)cc1C)C(=O)N2OC1CCCO1. The van der Waals surface area contributed by atoms with Crippen molar-refractivity contribution in [2.45, 2.75) is 51.4 Å². The first-order valence-electron chi connectivity index (χ1n) is 10.00. The van der Waals surface area contributed by atoms with Crippen LogP contribution in [0.25, 0.3) is 5.57 Å². The number of carbonyl (C=O) groups excluding carboxylic acids is 1. The van der Waals surface area contributed by atoms with Crippen LogP contribution in [-0.2, 0) is 19.2 Å². The number of nitrogens with zero attached hydrogens (tertiary/aromatic N) is 2. The minimum absolute atomic E-state index is 0.0878. The molecule has 3 aliphatic heterocycles. The summed E-state index contributed by atoms with van der Waals surface area (Å²) in [5.41, 5.74) is 2.05. The molecule has 29 heavy (non-hydrogen) atoms. The van der Waals surface area contributed by atoms with Gasteiger partial charge in [-0.15, -0.1) is 0 Å². The van der Waals surface area contributed by atoms with Gasteiger partial charge in [0.15, 0.2) is 6.29 Å². The standard InChI is InChI=1S/C21H27BrN2O5/c1-13-11-15(22)12-14(2)17(13)18-19(25)21(6-8-23(27-3)9-7-21)24(20(18)26)29-16-5-4-10-28-16/h11-12,16,25H,4-10H2,1-3H3. The van der Waals surface area contributed by atoms with Gasteiger partial charge in [-0.3, -0.25) is 4.79 Å². The number of aliphatic hydroxyl groups is 1. The summed E-state index contributed by atoms with van der Waals surface area (Å²) in [6.45, 7) is 5.69. The fourth-order valence-electron chi connectivity index (χ4n) is 4.63. The molecule has 3 heterocycles. The zero-order chi connectivity index (χ0) is 20.8. The maximum absolute atomic E-state index is 13.6. The molecule has 0 bridgehead atoms. The molecule has 1 spiro atoms. The second kappa shape index (κ2) is 8.00. The van der Waals surface area contributed by atoms with E-state index in [1.54, 1.807) is 7.11 Å². The monoisotopic (exact) mass is 466 g/mol. The van der Waals surface area contributed by atoms with Crippen molar-refractivity contribution in [3.8, 4) is 0 Å². The lowest BCUT2D eigenvalue weighted by Gasteiger charge is -2.43. The van der Waals surface area contributed by atoms with Crippen LogP contribution in [-0.4, -0.2) is 59.8 Å². The summed E-state index contributed by atoms with van der Waals surface area (Å²) in [5, 5.41) is 14.7. The van der Waals surface area contributed by atoms with Crippen LogP contribution in [0, 0.1) is 13.8 Å². The van der Waals surface area contributed by atoms with Gasteiger partial charge in [-0.05, 0) is 61.9 Å². The fraction of sp³-hybridized carbons (Fsp3) is 0.571. The van der Waals surface area contributed by atoms with Crippen LogP contribution in [0.15, 0.2) is 22.4 Å². The lowest BCUT2D eigenvalue weighted by Crippen LogP contribution is -2.55. The molecule has 8 heteroatoms. The van der Waals surface area contributed by atoms with Gasteiger partial charge in [-0.1, -0.05) is 15.9 Å². The van der Waals surface area contributed by atoms with E-state index < -0.39 is 11.8 Å². The first kappa shape index (κ1) is 20.8. The lowest BCUT2D eigenvalue weighted by molar-refractivity contribution is -0.291. The number of benzene rings is 1. The second-order valence-electron chi connectivity index (χ2n) is 7.93. The number of rotatable bonds is 4. The Balaban J connectivity index is 1.78. The van der Waals surface area contributed by atoms with Gasteiger partial charge < -0.3 is 14.7 Å². The van der Waals surface area contributed by atoms with Crippen molar-refractivity contribution in [1.29, 1.82) is 0 Å². The molecule has 1 unspecified atom stereocenters. The number of carbonyl (C=O) groups is 1. The Morgan fingerprint density at radius 3 is 2.45 bits per heavy atom. The summed E-state index contributed by atoms with van der Waals surface area (Å²) in [6, 6.07) is 3.92. The van der Waals surface area contributed by atoms with E-state index in [-0.39, 0.29) is 11.7 Å². The molecule has 0 aliphatic carbocycles. The molecule has 158 valence electrons. The van der Waals surface area contributed by atoms with E-state index in [0.29, 0.717) is 38.1 Å². The summed E-state index contributed by atoms with van der Waals surface area (Å²) < 4.78 is 6.56. The van der Waals surface area contributed by atoms with E-state index in [1.807, 2.05) is 31.0 Å². The van der Waals surface area contributed by atoms with E-state index in [4.69, 9.17) is 14.4 Å². The van der Waals surface area contributed by atoms with Gasteiger partial charge in [0.05, 0.1) is 19.3 Å². The van der Waals surface area contributed by atoms with Crippen LogP contribution >= 0.6 is 15.9 Å². The Labute approximate surface area is 179 Å². The van der Waals surface area contributed by atoms with Gasteiger partial charge in [0, 0.05) is 24.0 Å². The van der Waals surface area contributed by atoms with Crippen LogP contribution in [0.1, 0.15) is 42.4 Å². The second-order valence-corrected chi connectivity index (χ2v) is 8.84. The molecule has 7 nitrogen and oxygen atoms in total. The predicted octanol–water partition coefficient (Wildman–Crippen LogP) is 3.64. The molecule has 3 aliphatic rings. The van der Waals surface area contributed by atoms with Gasteiger partial charge in [-0.25, -0.2) is 9.90 Å². The van der Waals surface area contributed by atoms with Gasteiger partial charge in [0.1, 0.15) is 11.3 Å². The first-order chi connectivity index (χ1) is 13.9. The van der Waals surface area contributed by atoms with Crippen LogP contribution < -0.4 is 0 Å². The molecule has 0 aromatic heterocycles. The number of aliphatic hydroxyl groups excluding tert-OH is 1. The predicted molar refractivity (Wildman–Crippen MR) is 111 cm³/mol. The number of amides is 1. The fourth-order valence-corrected chi connectivity index (χ4v) is 5.32. The molecule has 0 radical (unpaired) electrons. The van der Waals surface area contributed by atoms with Crippen molar-refractivity contribution in [3.63, 3.8) is 0 Å². The van der Waals surface area contributed by atoms with E-state index in [1.165, 1.54) is 5.06 Å². The Morgan fingerprint density at radius 1 is 1.24 bits per heavy atom. The van der Waals surface area contributed by atoms with Crippen LogP contribution in [0.4, 0.5) is 0 Å². The van der Waals surface area contributed by atoms with E-state index in [2.05, 4.69) is 15.9 Å². The quantitative estimate of drug-likeness (QED) is 0.729. The third kappa shape index (κ3) is 3.51. The average molecular weight is 467 g/mol. The summed E-state index contributed by atoms with van der Waals surface area (Å²) in [7, 11) is 1.63. The topological polar surface area (TPSA) is 71.5 Å². The highest BCUT2D eigenvalue weighted by Crippen LogP contribution is 2.47. The molecule has 0 saturated carbocycles. The van der Waals surface area contributed by atoms with Crippen LogP contribution in [0.2, 0.25) is 0 Å². The molecule has 1 amide bonds. The molecule has 2 saturated heterocycles. The highest BCUT2D eigenvalue weighted by atomic mass is 79.9. The molecule has 1 aromatic rings. The Morgan fingerprint density at radius 2 is 1.90 bits per heavy atom. The highest BCUT2D eigenvalue weighted by molar-refractivity contribution is 9.10. The maximum Gasteiger partial charge on any atom is 0.282 e. The van der Waals surface area contributed by atoms with Crippen LogP contribution in [0.5, 0.6) is 0 Å². The third-order valence-electron chi connectivity index (χ3n) is 6.13. The summed E-state index contributed by atoms with van der Waals surface area (Å²) >= 11 is 3.51. The van der Waals surface area contributed by atoms with Gasteiger partial charge in [0.25, 0.3) is 5.91 Å². The Bertz CT molecular complexity index is 818. The third-order valence-corrected chi connectivity index (χ3v) is 6.59. The number of hydrogen-bond acceptors (Lipinski definition) is 6. The average Bonchev–Trinajstić information content (AvgIpc) is 3.26. The van der Waals surface area contributed by atoms with E-state index in [0.717, 1.165) is 34.0 Å². The van der Waals surface area contributed by atoms with Gasteiger partial charge >= 0.3 is 0 Å². The molecule has 4 rings (SSSR count). The number of halogens is 1. The molecule has 1 aromatic carbocycles. The summed E-state index contributed by atoms with van der Waals surface area (Å²) in [6.07, 6.45) is 2.20. The molecular formula is C21H27BrN2O5. The molecule has 2 fully saturated rings. The normalized spacial score (nSPS) is 24.9. The van der Waals surface area contributed by atoms with Gasteiger partial charge in [0.2, 0.25) is 0 Å². The minimum Gasteiger partial charge on any atom is -0.509 e. The highest BCUT2D eigenvalue weighted by Gasteiger charge is 2.56. The number of piperidine rings is 1. The van der Waals surface area contributed by atoms with E-state index in [9.17, 15) is 9.90 Å². The first-order valence-corrected chi connectivity index (χ1v) is 10.8. The van der Waals surface area contributed by atoms with Crippen molar-refractivity contribution in [3.05, 3.63) is 39.1 Å². The summed E-state index contributed by atoms with van der Waals surface area (Å²) in [5.74, 6) is -0.220. The van der Waals surface area contributed by atoms with Gasteiger partial charge in [-0.2, -0.15) is 5.06 Å². The van der Waals surface area contributed by atoms with E-state index >= 15 is 0 Å². The van der Waals surface area contributed by atoms with Crippen molar-refractivity contribution in [1.82, 2.24) is 10.1 Å².